The predicted molar refractivity (Wildman–Crippen MR) is 52.6 cm³/mol. The van der Waals surface area contributed by atoms with Crippen LogP contribution >= 0.6 is 0 Å². The summed E-state index contributed by atoms with van der Waals surface area (Å²) in [6, 6.07) is 0. The summed E-state index contributed by atoms with van der Waals surface area (Å²) < 4.78 is 0. The zero-order chi connectivity index (χ0) is 9.97. The molecule has 1 fully saturated rings. The Morgan fingerprint density at radius 1 is 1.29 bits per heavy atom. The summed E-state index contributed by atoms with van der Waals surface area (Å²) >= 11 is 0. The van der Waals surface area contributed by atoms with Crippen molar-refractivity contribution < 1.29 is 4.79 Å². The quantitative estimate of drug-likeness (QED) is 0.706. The lowest BCUT2D eigenvalue weighted by Crippen LogP contribution is -2.36. The second kappa shape index (κ2) is 3.61. The molecule has 0 saturated carbocycles. The van der Waals surface area contributed by atoms with Crippen LogP contribution in [0.1, 0.15) is 19.3 Å². The summed E-state index contributed by atoms with van der Waals surface area (Å²) in [6.07, 6.45) is 5.60. The van der Waals surface area contributed by atoms with Gasteiger partial charge in [-0.1, -0.05) is 0 Å². The molecular formula is C9H12N4O. The monoisotopic (exact) mass is 192 g/mol. The van der Waals surface area contributed by atoms with Crippen LogP contribution in [0.2, 0.25) is 0 Å². The van der Waals surface area contributed by atoms with E-state index in [-0.39, 0.29) is 5.91 Å². The van der Waals surface area contributed by atoms with Gasteiger partial charge in [-0.25, -0.2) is 9.97 Å². The molecule has 0 unspecified atom stereocenters. The molecule has 0 bridgehead atoms. The number of anilines is 2. The van der Waals surface area contributed by atoms with E-state index in [4.69, 9.17) is 5.73 Å². The summed E-state index contributed by atoms with van der Waals surface area (Å²) in [5.74, 6) is 0.560. The molecule has 5 heteroatoms. The first-order valence-electron chi connectivity index (χ1n) is 4.65. The number of piperidine rings is 1. The van der Waals surface area contributed by atoms with Crippen LogP contribution in [0.3, 0.4) is 0 Å². The average Bonchev–Trinajstić information content (AvgIpc) is 2.20. The largest absolute Gasteiger partial charge is 0.396 e. The van der Waals surface area contributed by atoms with Crippen LogP contribution in [0.4, 0.5) is 11.6 Å². The first kappa shape index (κ1) is 8.93. The van der Waals surface area contributed by atoms with E-state index in [0.717, 1.165) is 12.8 Å². The van der Waals surface area contributed by atoms with Crippen LogP contribution in [0.5, 0.6) is 0 Å². The maximum Gasteiger partial charge on any atom is 0.232 e. The third kappa shape index (κ3) is 1.66. The van der Waals surface area contributed by atoms with Crippen LogP contribution in [-0.4, -0.2) is 22.4 Å². The minimum atomic E-state index is 0.0982. The van der Waals surface area contributed by atoms with Gasteiger partial charge in [-0.15, -0.1) is 0 Å². The van der Waals surface area contributed by atoms with Gasteiger partial charge in [0.05, 0.1) is 18.1 Å². The van der Waals surface area contributed by atoms with Gasteiger partial charge in [-0.2, -0.15) is 0 Å². The molecule has 2 rings (SSSR count). The van der Waals surface area contributed by atoms with Crippen molar-refractivity contribution in [3.63, 3.8) is 0 Å². The highest BCUT2D eigenvalue weighted by Gasteiger charge is 2.21. The molecule has 1 aromatic rings. The minimum Gasteiger partial charge on any atom is -0.396 e. The molecule has 0 radical (unpaired) electrons. The molecule has 0 spiro atoms. The maximum atomic E-state index is 11.5. The van der Waals surface area contributed by atoms with E-state index in [1.54, 1.807) is 4.90 Å². The number of carbonyl (C=O) groups excluding carboxylic acids is 1. The Labute approximate surface area is 82.0 Å². The number of aromatic nitrogens is 2. The normalized spacial score (nSPS) is 17.1. The van der Waals surface area contributed by atoms with Crippen LogP contribution in [0.15, 0.2) is 12.4 Å². The summed E-state index contributed by atoms with van der Waals surface area (Å²) in [4.78, 5) is 21.2. The lowest BCUT2D eigenvalue weighted by atomic mass is 10.1. The average molecular weight is 192 g/mol. The Morgan fingerprint density at radius 3 is 2.64 bits per heavy atom. The number of hydrogen-bond acceptors (Lipinski definition) is 4. The number of nitrogens with zero attached hydrogens (tertiary/aromatic N) is 3. The summed E-state index contributed by atoms with van der Waals surface area (Å²) in [5.41, 5.74) is 5.97. The third-order valence-corrected chi connectivity index (χ3v) is 2.22. The topological polar surface area (TPSA) is 72.1 Å². The van der Waals surface area contributed by atoms with E-state index in [9.17, 15) is 4.79 Å². The third-order valence-electron chi connectivity index (χ3n) is 2.22. The van der Waals surface area contributed by atoms with Crippen molar-refractivity contribution in [3.05, 3.63) is 12.4 Å². The van der Waals surface area contributed by atoms with Crippen molar-refractivity contribution in [1.29, 1.82) is 0 Å². The fourth-order valence-electron chi connectivity index (χ4n) is 1.49. The molecule has 1 aliphatic rings. The lowest BCUT2D eigenvalue weighted by Gasteiger charge is -2.24. The number of nitrogens with two attached hydrogens (primary N) is 1. The van der Waals surface area contributed by atoms with Gasteiger partial charge < -0.3 is 5.73 Å². The Hall–Kier alpha value is -1.65. The molecule has 1 amide bonds. The molecule has 0 atom stereocenters. The Morgan fingerprint density at radius 2 is 2.00 bits per heavy atom. The standard InChI is InChI=1S/C9H12N4O/c10-7-5-11-9(12-6-7)13-4-2-1-3-8(13)14/h5-6H,1-4,10H2. The number of carbonyl (C=O) groups is 1. The summed E-state index contributed by atoms with van der Waals surface area (Å²) in [6.45, 7) is 0.711. The van der Waals surface area contributed by atoms with Gasteiger partial charge in [0.2, 0.25) is 11.9 Å². The van der Waals surface area contributed by atoms with E-state index in [2.05, 4.69) is 9.97 Å². The molecule has 2 N–H and O–H groups in total. The summed E-state index contributed by atoms with van der Waals surface area (Å²) in [5, 5.41) is 0. The van der Waals surface area contributed by atoms with Crippen LogP contribution in [-0.2, 0) is 4.79 Å². The fraction of sp³-hybridized carbons (Fsp3) is 0.444. The highest BCUT2D eigenvalue weighted by Crippen LogP contribution is 2.16. The first-order chi connectivity index (χ1) is 6.77. The maximum absolute atomic E-state index is 11.5. The van der Waals surface area contributed by atoms with Crippen LogP contribution in [0.25, 0.3) is 0 Å². The van der Waals surface area contributed by atoms with Gasteiger partial charge >= 0.3 is 0 Å². The summed E-state index contributed by atoms with van der Waals surface area (Å²) in [7, 11) is 0. The van der Waals surface area contributed by atoms with Crippen molar-refractivity contribution in [2.45, 2.75) is 19.3 Å². The second-order valence-corrected chi connectivity index (χ2v) is 3.32. The van der Waals surface area contributed by atoms with Gasteiger partial charge in [0, 0.05) is 13.0 Å². The van der Waals surface area contributed by atoms with Crippen molar-refractivity contribution in [2.24, 2.45) is 0 Å². The first-order valence-corrected chi connectivity index (χ1v) is 4.65. The number of nitrogen functional groups attached to an aromatic ring is 1. The van der Waals surface area contributed by atoms with Crippen molar-refractivity contribution in [2.75, 3.05) is 17.2 Å². The van der Waals surface area contributed by atoms with Gasteiger partial charge in [0.25, 0.3) is 0 Å². The number of hydrogen-bond donors (Lipinski definition) is 1. The van der Waals surface area contributed by atoms with Gasteiger partial charge in [-0.3, -0.25) is 9.69 Å². The molecular weight excluding hydrogens is 180 g/mol. The van der Waals surface area contributed by atoms with Gasteiger partial charge in [-0.05, 0) is 12.8 Å². The second-order valence-electron chi connectivity index (χ2n) is 3.32. The van der Waals surface area contributed by atoms with E-state index < -0.39 is 0 Å². The molecule has 0 aliphatic carbocycles. The van der Waals surface area contributed by atoms with Crippen LogP contribution in [0, 0.1) is 0 Å². The zero-order valence-electron chi connectivity index (χ0n) is 7.81. The predicted octanol–water partition coefficient (Wildman–Crippen LogP) is 0.576. The number of rotatable bonds is 1. The van der Waals surface area contributed by atoms with Crippen LogP contribution < -0.4 is 10.6 Å². The molecule has 14 heavy (non-hydrogen) atoms. The highest BCUT2D eigenvalue weighted by molar-refractivity contribution is 5.92. The molecule has 74 valence electrons. The fourth-order valence-corrected chi connectivity index (χ4v) is 1.49. The van der Waals surface area contributed by atoms with E-state index in [1.165, 1.54) is 12.4 Å². The highest BCUT2D eigenvalue weighted by atomic mass is 16.2. The minimum absolute atomic E-state index is 0.0982. The molecule has 1 aliphatic heterocycles. The van der Waals surface area contributed by atoms with Gasteiger partial charge in [0.1, 0.15) is 0 Å². The zero-order valence-corrected chi connectivity index (χ0v) is 7.81. The van der Waals surface area contributed by atoms with E-state index >= 15 is 0 Å². The van der Waals surface area contributed by atoms with Crippen molar-refractivity contribution in [3.8, 4) is 0 Å². The molecule has 1 saturated heterocycles. The van der Waals surface area contributed by atoms with E-state index in [0.29, 0.717) is 24.6 Å². The van der Waals surface area contributed by atoms with E-state index in [1.807, 2.05) is 0 Å². The molecule has 2 heterocycles. The Balaban J connectivity index is 2.20. The Kier molecular flexibility index (Phi) is 2.30. The van der Waals surface area contributed by atoms with Crippen molar-refractivity contribution in [1.82, 2.24) is 9.97 Å². The lowest BCUT2D eigenvalue weighted by molar-refractivity contribution is -0.119. The molecule has 5 nitrogen and oxygen atoms in total. The number of amides is 1. The van der Waals surface area contributed by atoms with Crippen molar-refractivity contribution >= 4 is 17.5 Å². The van der Waals surface area contributed by atoms with Gasteiger partial charge in [0.15, 0.2) is 0 Å². The molecule has 1 aromatic heterocycles. The Bertz CT molecular complexity index is 335. The SMILES string of the molecule is Nc1cnc(N2CCCCC2=O)nc1. The molecule has 0 aromatic carbocycles. The smallest absolute Gasteiger partial charge is 0.232 e.